The van der Waals surface area contributed by atoms with E-state index in [4.69, 9.17) is 5.11 Å². The SMILES string of the molecule is O=C(O)CC(CC(=O)N1CCCCC1)c1ccc(F)cc1. The van der Waals surface area contributed by atoms with Crippen LogP contribution in [0, 0.1) is 5.82 Å². The number of benzene rings is 1. The first-order valence-corrected chi connectivity index (χ1v) is 7.31. The second-order valence-electron chi connectivity index (χ2n) is 5.49. The Labute approximate surface area is 123 Å². The molecule has 5 heteroatoms. The fourth-order valence-electron chi connectivity index (χ4n) is 2.74. The molecule has 0 bridgehead atoms. The maximum Gasteiger partial charge on any atom is 0.303 e. The number of carboxylic acids is 1. The van der Waals surface area contributed by atoms with E-state index < -0.39 is 11.9 Å². The molecule has 114 valence electrons. The monoisotopic (exact) mass is 293 g/mol. The average Bonchev–Trinajstić information content (AvgIpc) is 2.48. The molecule has 0 aliphatic carbocycles. The molecule has 1 atom stereocenters. The summed E-state index contributed by atoms with van der Waals surface area (Å²) in [5.74, 6) is -1.73. The molecule has 4 nitrogen and oxygen atoms in total. The number of aliphatic carboxylic acids is 1. The molecule has 1 amide bonds. The van der Waals surface area contributed by atoms with Crippen molar-refractivity contribution in [2.75, 3.05) is 13.1 Å². The average molecular weight is 293 g/mol. The molecule has 1 N–H and O–H groups in total. The molecule has 2 rings (SSSR count). The molecule has 0 spiro atoms. The molecule has 1 unspecified atom stereocenters. The van der Waals surface area contributed by atoms with Gasteiger partial charge in [-0.25, -0.2) is 4.39 Å². The van der Waals surface area contributed by atoms with Crippen LogP contribution < -0.4 is 0 Å². The molecule has 1 saturated heterocycles. The van der Waals surface area contributed by atoms with Crippen LogP contribution in [-0.4, -0.2) is 35.0 Å². The van der Waals surface area contributed by atoms with Gasteiger partial charge in [-0.15, -0.1) is 0 Å². The summed E-state index contributed by atoms with van der Waals surface area (Å²) < 4.78 is 13.0. The third-order valence-electron chi connectivity index (χ3n) is 3.89. The third kappa shape index (κ3) is 4.55. The lowest BCUT2D eigenvalue weighted by molar-refractivity contribution is -0.138. The molecule has 1 aromatic carbocycles. The zero-order valence-electron chi connectivity index (χ0n) is 11.9. The van der Waals surface area contributed by atoms with Crippen LogP contribution in [0.15, 0.2) is 24.3 Å². The Morgan fingerprint density at radius 2 is 1.71 bits per heavy atom. The van der Waals surface area contributed by atoms with E-state index in [2.05, 4.69) is 0 Å². The predicted molar refractivity (Wildman–Crippen MR) is 76.4 cm³/mol. The van der Waals surface area contributed by atoms with Crippen LogP contribution >= 0.6 is 0 Å². The van der Waals surface area contributed by atoms with Gasteiger partial charge < -0.3 is 10.0 Å². The van der Waals surface area contributed by atoms with E-state index in [1.165, 1.54) is 12.1 Å². The zero-order valence-corrected chi connectivity index (χ0v) is 11.9. The summed E-state index contributed by atoms with van der Waals surface area (Å²) >= 11 is 0. The number of nitrogens with zero attached hydrogens (tertiary/aromatic N) is 1. The summed E-state index contributed by atoms with van der Waals surface area (Å²) in [5.41, 5.74) is 0.698. The highest BCUT2D eigenvalue weighted by molar-refractivity contribution is 5.78. The van der Waals surface area contributed by atoms with E-state index in [1.807, 2.05) is 4.90 Å². The number of amides is 1. The van der Waals surface area contributed by atoms with Gasteiger partial charge in [0.15, 0.2) is 0 Å². The van der Waals surface area contributed by atoms with E-state index in [1.54, 1.807) is 12.1 Å². The first-order valence-electron chi connectivity index (χ1n) is 7.31. The molecule has 0 radical (unpaired) electrons. The van der Waals surface area contributed by atoms with Crippen molar-refractivity contribution in [3.63, 3.8) is 0 Å². The van der Waals surface area contributed by atoms with Gasteiger partial charge in [0.25, 0.3) is 0 Å². The smallest absolute Gasteiger partial charge is 0.303 e. The van der Waals surface area contributed by atoms with Crippen LogP contribution in [0.25, 0.3) is 0 Å². The first-order chi connectivity index (χ1) is 10.1. The van der Waals surface area contributed by atoms with E-state index >= 15 is 0 Å². The molecule has 1 fully saturated rings. The minimum atomic E-state index is -0.948. The Kier molecular flexibility index (Phi) is 5.31. The van der Waals surface area contributed by atoms with Crippen LogP contribution in [0.4, 0.5) is 4.39 Å². The maximum absolute atomic E-state index is 13.0. The van der Waals surface area contributed by atoms with Crippen molar-refractivity contribution in [3.8, 4) is 0 Å². The van der Waals surface area contributed by atoms with Gasteiger partial charge in [0, 0.05) is 25.4 Å². The van der Waals surface area contributed by atoms with E-state index in [0.29, 0.717) is 5.56 Å². The lowest BCUT2D eigenvalue weighted by Gasteiger charge is -2.28. The first kappa shape index (κ1) is 15.5. The van der Waals surface area contributed by atoms with Crippen molar-refractivity contribution in [2.45, 2.75) is 38.0 Å². The predicted octanol–water partition coefficient (Wildman–Crippen LogP) is 2.79. The number of hydrogen-bond acceptors (Lipinski definition) is 2. The zero-order chi connectivity index (χ0) is 15.2. The molecule has 0 aromatic heterocycles. The molecule has 21 heavy (non-hydrogen) atoms. The summed E-state index contributed by atoms with van der Waals surface area (Å²) in [4.78, 5) is 25.1. The van der Waals surface area contributed by atoms with Gasteiger partial charge in [-0.1, -0.05) is 12.1 Å². The lowest BCUT2D eigenvalue weighted by atomic mass is 9.91. The quantitative estimate of drug-likeness (QED) is 0.908. The molecule has 0 saturated carbocycles. The summed E-state index contributed by atoms with van der Waals surface area (Å²) in [5, 5.41) is 9.02. The van der Waals surface area contributed by atoms with E-state index in [-0.39, 0.29) is 24.6 Å². The molecular formula is C16H20FNO3. The number of halogens is 1. The fraction of sp³-hybridized carbons (Fsp3) is 0.500. The van der Waals surface area contributed by atoms with Crippen molar-refractivity contribution in [2.24, 2.45) is 0 Å². The number of carbonyl (C=O) groups is 2. The second-order valence-corrected chi connectivity index (χ2v) is 5.49. The molecular weight excluding hydrogens is 273 g/mol. The maximum atomic E-state index is 13.0. The van der Waals surface area contributed by atoms with E-state index in [0.717, 1.165) is 32.4 Å². The molecule has 1 aliphatic rings. The van der Waals surface area contributed by atoms with Crippen molar-refractivity contribution >= 4 is 11.9 Å². The number of likely N-dealkylation sites (tertiary alicyclic amines) is 1. The highest BCUT2D eigenvalue weighted by Gasteiger charge is 2.23. The Morgan fingerprint density at radius 3 is 2.29 bits per heavy atom. The largest absolute Gasteiger partial charge is 0.481 e. The van der Waals surface area contributed by atoms with Crippen molar-refractivity contribution in [1.82, 2.24) is 4.90 Å². The van der Waals surface area contributed by atoms with E-state index in [9.17, 15) is 14.0 Å². The highest BCUT2D eigenvalue weighted by atomic mass is 19.1. The number of rotatable bonds is 5. The normalized spacial score (nSPS) is 16.5. The molecule has 1 aliphatic heterocycles. The number of piperidine rings is 1. The summed E-state index contributed by atoms with van der Waals surface area (Å²) in [6, 6.07) is 5.73. The minimum Gasteiger partial charge on any atom is -0.481 e. The Balaban J connectivity index is 2.06. The number of carboxylic acid groups (broad SMARTS) is 1. The van der Waals surface area contributed by atoms with Gasteiger partial charge in [0.2, 0.25) is 5.91 Å². The van der Waals surface area contributed by atoms with Gasteiger partial charge in [0.05, 0.1) is 6.42 Å². The van der Waals surface area contributed by atoms with Gasteiger partial charge in [-0.3, -0.25) is 9.59 Å². The van der Waals surface area contributed by atoms with Crippen molar-refractivity contribution < 1.29 is 19.1 Å². The lowest BCUT2D eigenvalue weighted by Crippen LogP contribution is -2.36. The van der Waals surface area contributed by atoms with Crippen LogP contribution in [0.5, 0.6) is 0 Å². The topological polar surface area (TPSA) is 57.6 Å². The summed E-state index contributed by atoms with van der Waals surface area (Å²) in [7, 11) is 0. The summed E-state index contributed by atoms with van der Waals surface area (Å²) in [6.45, 7) is 1.50. The van der Waals surface area contributed by atoms with Crippen molar-refractivity contribution in [1.29, 1.82) is 0 Å². The number of hydrogen-bond donors (Lipinski definition) is 1. The van der Waals surface area contributed by atoms with Gasteiger partial charge in [0.1, 0.15) is 5.82 Å². The summed E-state index contributed by atoms with van der Waals surface area (Å²) in [6.07, 6.45) is 3.20. The van der Waals surface area contributed by atoms with Gasteiger partial charge >= 0.3 is 5.97 Å². The Morgan fingerprint density at radius 1 is 1.10 bits per heavy atom. The van der Waals surface area contributed by atoms with Crippen LogP contribution in [0.3, 0.4) is 0 Å². The van der Waals surface area contributed by atoms with Gasteiger partial charge in [-0.2, -0.15) is 0 Å². The second kappa shape index (κ2) is 7.20. The Bertz CT molecular complexity index is 495. The van der Waals surface area contributed by atoms with Crippen LogP contribution in [-0.2, 0) is 9.59 Å². The number of carbonyl (C=O) groups excluding carboxylic acids is 1. The van der Waals surface area contributed by atoms with Crippen LogP contribution in [0.1, 0.15) is 43.6 Å². The standard InChI is InChI=1S/C16H20FNO3/c17-14-6-4-12(5-7-14)13(11-16(20)21)10-15(19)18-8-2-1-3-9-18/h4-7,13H,1-3,8-11H2,(H,20,21). The molecule has 1 aromatic rings. The van der Waals surface area contributed by atoms with Gasteiger partial charge in [-0.05, 0) is 37.0 Å². The van der Waals surface area contributed by atoms with Crippen LogP contribution in [0.2, 0.25) is 0 Å². The van der Waals surface area contributed by atoms with Crippen molar-refractivity contribution in [3.05, 3.63) is 35.6 Å². The molecule has 1 heterocycles. The third-order valence-corrected chi connectivity index (χ3v) is 3.89. The highest BCUT2D eigenvalue weighted by Crippen LogP contribution is 2.25. The Hall–Kier alpha value is -1.91. The fourth-order valence-corrected chi connectivity index (χ4v) is 2.74. The minimum absolute atomic E-state index is 0.00900.